The van der Waals surface area contributed by atoms with Crippen molar-refractivity contribution in [1.29, 1.82) is 0 Å². The molecule has 0 saturated carbocycles. The van der Waals surface area contributed by atoms with Crippen LogP contribution >= 0.6 is 0 Å². The second-order valence-electron chi connectivity index (χ2n) is 6.49. The van der Waals surface area contributed by atoms with E-state index in [1.807, 2.05) is 24.3 Å². The predicted molar refractivity (Wildman–Crippen MR) is 104 cm³/mol. The number of nitrogens with zero attached hydrogens (tertiary/aromatic N) is 4. The second kappa shape index (κ2) is 6.38. The van der Waals surface area contributed by atoms with E-state index in [0.717, 1.165) is 22.0 Å². The highest BCUT2D eigenvalue weighted by molar-refractivity contribution is 5.94. The van der Waals surface area contributed by atoms with Gasteiger partial charge >= 0.3 is 0 Å². The van der Waals surface area contributed by atoms with Gasteiger partial charge in [0.05, 0.1) is 30.1 Å². The number of fused-ring (bicyclic) bond motifs is 2. The number of rotatable bonds is 3. The van der Waals surface area contributed by atoms with Gasteiger partial charge in [-0.25, -0.2) is 14.4 Å². The van der Waals surface area contributed by atoms with E-state index in [0.29, 0.717) is 11.1 Å². The van der Waals surface area contributed by atoms with E-state index >= 15 is 0 Å². The highest BCUT2D eigenvalue weighted by atomic mass is 19.1. The molecular weight excluding hydrogens is 357 g/mol. The molecule has 7 heteroatoms. The van der Waals surface area contributed by atoms with E-state index in [2.05, 4.69) is 20.2 Å². The summed E-state index contributed by atoms with van der Waals surface area (Å²) in [4.78, 5) is 20.9. The normalized spacial score (nSPS) is 11.3. The van der Waals surface area contributed by atoms with Crippen LogP contribution in [0.4, 0.5) is 4.39 Å². The minimum absolute atomic E-state index is 0.0837. The van der Waals surface area contributed by atoms with Crippen molar-refractivity contribution >= 4 is 21.9 Å². The molecule has 0 aliphatic rings. The molecule has 0 radical (unpaired) electrons. The maximum Gasteiger partial charge on any atom is 0.280 e. The second-order valence-corrected chi connectivity index (χ2v) is 6.49. The summed E-state index contributed by atoms with van der Waals surface area (Å²) >= 11 is 0. The van der Waals surface area contributed by atoms with Crippen molar-refractivity contribution in [3.63, 3.8) is 0 Å². The van der Waals surface area contributed by atoms with Crippen LogP contribution in [0.25, 0.3) is 33.1 Å². The highest BCUT2D eigenvalue weighted by Crippen LogP contribution is 2.28. The van der Waals surface area contributed by atoms with Crippen LogP contribution in [-0.4, -0.2) is 24.7 Å². The Labute approximate surface area is 158 Å². The van der Waals surface area contributed by atoms with Crippen molar-refractivity contribution in [2.75, 3.05) is 0 Å². The van der Waals surface area contributed by atoms with E-state index in [1.165, 1.54) is 17.0 Å². The van der Waals surface area contributed by atoms with Gasteiger partial charge in [0, 0.05) is 17.1 Å². The van der Waals surface area contributed by atoms with E-state index in [-0.39, 0.29) is 23.4 Å². The van der Waals surface area contributed by atoms with Crippen LogP contribution in [0, 0.1) is 5.82 Å². The van der Waals surface area contributed by atoms with Crippen LogP contribution in [0.5, 0.6) is 0 Å². The molecule has 3 heterocycles. The van der Waals surface area contributed by atoms with Crippen LogP contribution in [0.3, 0.4) is 0 Å². The van der Waals surface area contributed by atoms with Crippen molar-refractivity contribution < 1.29 is 4.39 Å². The number of nitrogens with one attached hydrogen (secondary N) is 1. The molecule has 0 spiro atoms. The first-order valence-corrected chi connectivity index (χ1v) is 8.72. The Kier molecular flexibility index (Phi) is 3.72. The number of aromatic nitrogens is 5. The predicted octanol–water partition coefficient (Wildman–Crippen LogP) is 3.52. The van der Waals surface area contributed by atoms with E-state index in [4.69, 9.17) is 0 Å². The van der Waals surface area contributed by atoms with Gasteiger partial charge in [-0.1, -0.05) is 24.3 Å². The fraction of sp³-hybridized carbons (Fsp3) is 0.0476. The van der Waals surface area contributed by atoms with Crippen molar-refractivity contribution in [2.24, 2.45) is 0 Å². The molecule has 3 aromatic heterocycles. The van der Waals surface area contributed by atoms with Crippen molar-refractivity contribution in [2.45, 2.75) is 6.54 Å². The Bertz CT molecular complexity index is 1390. The first-order chi connectivity index (χ1) is 13.7. The Morgan fingerprint density at radius 3 is 2.89 bits per heavy atom. The molecule has 0 unspecified atom stereocenters. The minimum Gasteiger partial charge on any atom is -0.293 e. The molecule has 136 valence electrons. The largest absolute Gasteiger partial charge is 0.293 e. The number of benzene rings is 2. The van der Waals surface area contributed by atoms with Crippen molar-refractivity contribution in [3.8, 4) is 11.1 Å². The summed E-state index contributed by atoms with van der Waals surface area (Å²) in [5.74, 6) is -0.383. The number of aromatic amines is 1. The van der Waals surface area contributed by atoms with E-state index in [1.54, 1.807) is 30.6 Å². The first kappa shape index (κ1) is 16.3. The summed E-state index contributed by atoms with van der Waals surface area (Å²) in [5, 5.41) is 7.89. The molecule has 2 aromatic carbocycles. The number of halogens is 1. The smallest absolute Gasteiger partial charge is 0.280 e. The fourth-order valence-electron chi connectivity index (χ4n) is 3.35. The molecule has 0 fully saturated rings. The average molecular weight is 371 g/mol. The van der Waals surface area contributed by atoms with Gasteiger partial charge in [0.2, 0.25) is 0 Å². The number of hydrogen-bond donors (Lipinski definition) is 1. The Morgan fingerprint density at radius 1 is 1.07 bits per heavy atom. The Balaban J connectivity index is 1.53. The third kappa shape index (κ3) is 2.64. The Hall–Kier alpha value is -3.87. The zero-order valence-corrected chi connectivity index (χ0v) is 14.6. The Morgan fingerprint density at radius 2 is 2.00 bits per heavy atom. The topological polar surface area (TPSA) is 76.5 Å². The molecule has 0 saturated heterocycles. The molecule has 0 amide bonds. The molecule has 0 bridgehead atoms. The molecule has 0 aliphatic heterocycles. The summed E-state index contributed by atoms with van der Waals surface area (Å²) in [6, 6.07) is 14.2. The van der Waals surface area contributed by atoms with Crippen LogP contribution in [0.1, 0.15) is 5.56 Å². The molecule has 0 atom stereocenters. The van der Waals surface area contributed by atoms with Gasteiger partial charge in [-0.05, 0) is 35.4 Å². The first-order valence-electron chi connectivity index (χ1n) is 8.72. The molecule has 5 rings (SSSR count). The van der Waals surface area contributed by atoms with E-state index < -0.39 is 0 Å². The number of H-pyrrole nitrogens is 1. The van der Waals surface area contributed by atoms with Gasteiger partial charge in [0.1, 0.15) is 5.82 Å². The quantitative estimate of drug-likeness (QED) is 0.526. The molecule has 28 heavy (non-hydrogen) atoms. The van der Waals surface area contributed by atoms with Gasteiger partial charge in [0.25, 0.3) is 5.56 Å². The average Bonchev–Trinajstić information content (AvgIpc) is 3.20. The minimum atomic E-state index is -0.383. The molecule has 1 N–H and O–H groups in total. The summed E-state index contributed by atoms with van der Waals surface area (Å²) in [5.41, 5.74) is 3.44. The van der Waals surface area contributed by atoms with Gasteiger partial charge < -0.3 is 0 Å². The van der Waals surface area contributed by atoms with E-state index in [9.17, 15) is 9.18 Å². The monoisotopic (exact) mass is 371 g/mol. The van der Waals surface area contributed by atoms with Gasteiger partial charge in [-0.15, -0.1) is 0 Å². The molecule has 6 nitrogen and oxygen atoms in total. The zero-order valence-electron chi connectivity index (χ0n) is 14.6. The zero-order chi connectivity index (χ0) is 19.1. The van der Waals surface area contributed by atoms with Crippen LogP contribution in [-0.2, 0) is 6.54 Å². The summed E-state index contributed by atoms with van der Waals surface area (Å²) in [6.07, 6.45) is 4.69. The standard InChI is InChI=1S/C21H14FN5O/c22-17-9-13(15-3-1-4-18-16(15)10-25-26-18)6-7-14(17)11-27-12-24-19-5-2-8-23-20(19)21(27)28/h1-10,12H,11H2,(H,25,26). The maximum absolute atomic E-state index is 14.8. The molecule has 5 aromatic rings. The SMILES string of the molecule is O=c1c2ncccc2ncn1Cc1ccc(-c2cccc3[nH]ncc23)cc1F. The van der Waals surface area contributed by atoms with Gasteiger partial charge in [-0.2, -0.15) is 5.10 Å². The highest BCUT2D eigenvalue weighted by Gasteiger charge is 2.11. The lowest BCUT2D eigenvalue weighted by atomic mass is 10.0. The molecule has 0 aliphatic carbocycles. The summed E-state index contributed by atoms with van der Waals surface area (Å²) in [6.45, 7) is 0.0837. The lowest BCUT2D eigenvalue weighted by Gasteiger charge is -2.10. The number of hydrogen-bond acceptors (Lipinski definition) is 4. The lowest BCUT2D eigenvalue weighted by molar-refractivity contribution is 0.595. The van der Waals surface area contributed by atoms with Crippen LogP contribution in [0.2, 0.25) is 0 Å². The van der Waals surface area contributed by atoms with Gasteiger partial charge in [0.15, 0.2) is 5.52 Å². The maximum atomic E-state index is 14.8. The fourth-order valence-corrected chi connectivity index (χ4v) is 3.35. The van der Waals surface area contributed by atoms with Gasteiger partial charge in [-0.3, -0.25) is 14.5 Å². The van der Waals surface area contributed by atoms with Crippen molar-refractivity contribution in [3.05, 3.63) is 89.0 Å². The summed E-state index contributed by atoms with van der Waals surface area (Å²) in [7, 11) is 0. The third-order valence-corrected chi connectivity index (χ3v) is 4.78. The van der Waals surface area contributed by atoms with Crippen molar-refractivity contribution in [1.82, 2.24) is 24.7 Å². The lowest BCUT2D eigenvalue weighted by Crippen LogP contribution is -2.22. The third-order valence-electron chi connectivity index (χ3n) is 4.78. The molecular formula is C21H14FN5O. The van der Waals surface area contributed by atoms with Crippen LogP contribution < -0.4 is 5.56 Å². The van der Waals surface area contributed by atoms with Crippen LogP contribution in [0.15, 0.2) is 72.0 Å². The number of pyridine rings is 1. The summed E-state index contributed by atoms with van der Waals surface area (Å²) < 4.78 is 16.2.